The van der Waals surface area contributed by atoms with Crippen LogP contribution in [0.25, 0.3) is 0 Å². The Morgan fingerprint density at radius 1 is 1.12 bits per heavy atom. The smallest absolute Gasteiger partial charge is 0.243 e. The van der Waals surface area contributed by atoms with Crippen LogP contribution in [0.5, 0.6) is 0 Å². The molecule has 0 aromatic heterocycles. The fourth-order valence-corrected chi connectivity index (χ4v) is 6.01. The number of piperidine rings is 1. The van der Waals surface area contributed by atoms with Gasteiger partial charge in [0.2, 0.25) is 15.9 Å². The molecule has 2 atom stereocenters. The third-order valence-corrected chi connectivity index (χ3v) is 7.49. The van der Waals surface area contributed by atoms with Crippen molar-refractivity contribution in [1.29, 1.82) is 0 Å². The highest BCUT2D eigenvalue weighted by molar-refractivity contribution is 7.89. The Morgan fingerprint density at radius 2 is 1.92 bits per heavy atom. The number of amides is 1. The maximum atomic E-state index is 13.1. The zero-order chi connectivity index (χ0) is 17.1. The molecule has 0 unspecified atom stereocenters. The Bertz CT molecular complexity index is 803. The standard InChI is InChI=1S/C18H24N2O3S/c1-12-5-3-7-19(11-12)24(22,23)15-9-14-6-4-8-20-17(14)16(10-15)13(2)18(20)21/h9-10,12-13H,3-8,11H2,1-2H3/t12-,13+/m1/s1. The Hall–Kier alpha value is -1.40. The molecule has 5 nitrogen and oxygen atoms in total. The summed E-state index contributed by atoms with van der Waals surface area (Å²) in [6.07, 6.45) is 3.75. The van der Waals surface area contributed by atoms with E-state index in [0.29, 0.717) is 23.9 Å². The number of carbonyl (C=O) groups excluding carboxylic acids is 1. The molecule has 0 spiro atoms. The summed E-state index contributed by atoms with van der Waals surface area (Å²) in [6, 6.07) is 3.56. The number of rotatable bonds is 2. The second kappa shape index (κ2) is 5.56. The van der Waals surface area contributed by atoms with Crippen LogP contribution < -0.4 is 4.90 Å². The van der Waals surface area contributed by atoms with Gasteiger partial charge in [0.1, 0.15) is 0 Å². The molecule has 1 saturated heterocycles. The van der Waals surface area contributed by atoms with Gasteiger partial charge in [0.15, 0.2) is 0 Å². The van der Waals surface area contributed by atoms with Gasteiger partial charge in [-0.1, -0.05) is 6.92 Å². The molecule has 3 aliphatic rings. The lowest BCUT2D eigenvalue weighted by molar-refractivity contribution is -0.119. The third kappa shape index (κ3) is 2.30. The molecule has 4 rings (SSSR count). The van der Waals surface area contributed by atoms with Gasteiger partial charge in [-0.25, -0.2) is 8.42 Å². The number of benzene rings is 1. The Kier molecular flexibility index (Phi) is 3.73. The molecule has 0 aliphatic carbocycles. The van der Waals surface area contributed by atoms with E-state index in [0.717, 1.165) is 49.0 Å². The molecule has 3 aliphatic heterocycles. The van der Waals surface area contributed by atoms with E-state index < -0.39 is 10.0 Å². The molecule has 1 fully saturated rings. The predicted molar refractivity (Wildman–Crippen MR) is 92.7 cm³/mol. The summed E-state index contributed by atoms with van der Waals surface area (Å²) in [5.41, 5.74) is 2.88. The largest absolute Gasteiger partial charge is 0.311 e. The molecule has 0 N–H and O–H groups in total. The normalized spacial score (nSPS) is 27.4. The average molecular weight is 348 g/mol. The summed E-state index contributed by atoms with van der Waals surface area (Å²) < 4.78 is 27.9. The number of anilines is 1. The van der Waals surface area contributed by atoms with Crippen LogP contribution in [0.2, 0.25) is 0 Å². The summed E-state index contributed by atoms with van der Waals surface area (Å²) >= 11 is 0. The number of aryl methyl sites for hydroxylation is 1. The zero-order valence-corrected chi connectivity index (χ0v) is 15.1. The first-order chi connectivity index (χ1) is 11.4. The van der Waals surface area contributed by atoms with Crippen molar-refractivity contribution in [3.63, 3.8) is 0 Å². The molecular weight excluding hydrogens is 324 g/mol. The highest BCUT2D eigenvalue weighted by Gasteiger charge is 2.39. The van der Waals surface area contributed by atoms with Crippen molar-refractivity contribution in [3.8, 4) is 0 Å². The summed E-state index contributed by atoms with van der Waals surface area (Å²) in [7, 11) is -3.48. The van der Waals surface area contributed by atoms with E-state index in [1.54, 1.807) is 10.4 Å². The zero-order valence-electron chi connectivity index (χ0n) is 14.3. The van der Waals surface area contributed by atoms with E-state index in [1.165, 1.54) is 0 Å². The molecule has 0 bridgehead atoms. The fraction of sp³-hybridized carbons (Fsp3) is 0.611. The van der Waals surface area contributed by atoms with Gasteiger partial charge in [-0.2, -0.15) is 4.31 Å². The first-order valence-electron chi connectivity index (χ1n) is 8.88. The molecule has 24 heavy (non-hydrogen) atoms. The number of carbonyl (C=O) groups is 1. The minimum Gasteiger partial charge on any atom is -0.311 e. The van der Waals surface area contributed by atoms with E-state index in [-0.39, 0.29) is 11.8 Å². The van der Waals surface area contributed by atoms with Crippen molar-refractivity contribution in [2.75, 3.05) is 24.5 Å². The first-order valence-corrected chi connectivity index (χ1v) is 10.3. The van der Waals surface area contributed by atoms with Crippen molar-refractivity contribution < 1.29 is 13.2 Å². The summed E-state index contributed by atoms with van der Waals surface area (Å²) in [5, 5.41) is 0. The van der Waals surface area contributed by atoms with Gasteiger partial charge in [-0.05, 0) is 61.8 Å². The maximum absolute atomic E-state index is 13.1. The number of hydrogen-bond acceptors (Lipinski definition) is 3. The average Bonchev–Trinajstić information content (AvgIpc) is 2.82. The van der Waals surface area contributed by atoms with Gasteiger partial charge in [0.25, 0.3) is 0 Å². The summed E-state index contributed by atoms with van der Waals surface area (Å²) in [4.78, 5) is 14.7. The van der Waals surface area contributed by atoms with E-state index in [2.05, 4.69) is 6.92 Å². The van der Waals surface area contributed by atoms with E-state index >= 15 is 0 Å². The molecule has 0 saturated carbocycles. The van der Waals surface area contributed by atoms with Crippen LogP contribution in [-0.4, -0.2) is 38.3 Å². The Labute approximate surface area is 143 Å². The van der Waals surface area contributed by atoms with Crippen molar-refractivity contribution in [1.82, 2.24) is 4.31 Å². The minimum absolute atomic E-state index is 0.104. The molecule has 130 valence electrons. The van der Waals surface area contributed by atoms with Gasteiger partial charge in [0.05, 0.1) is 16.5 Å². The van der Waals surface area contributed by atoms with E-state index in [9.17, 15) is 13.2 Å². The SMILES string of the molecule is C[C@@H]1CCCN(S(=O)(=O)c2cc3c4c(c2)[C@H](C)C(=O)N4CCC3)C1. The molecule has 0 radical (unpaired) electrons. The minimum atomic E-state index is -3.48. The summed E-state index contributed by atoms with van der Waals surface area (Å²) in [6.45, 7) is 5.93. The second-order valence-corrected chi connectivity index (χ2v) is 9.38. The van der Waals surface area contributed by atoms with Gasteiger partial charge in [0, 0.05) is 19.6 Å². The van der Waals surface area contributed by atoms with Crippen LogP contribution in [0.4, 0.5) is 5.69 Å². The van der Waals surface area contributed by atoms with Crippen LogP contribution >= 0.6 is 0 Å². The monoisotopic (exact) mass is 348 g/mol. The van der Waals surface area contributed by atoms with Crippen LogP contribution in [0, 0.1) is 5.92 Å². The molecular formula is C18H24N2O3S. The van der Waals surface area contributed by atoms with Gasteiger partial charge in [-0.3, -0.25) is 4.79 Å². The van der Waals surface area contributed by atoms with Crippen molar-refractivity contribution in [2.24, 2.45) is 5.92 Å². The Morgan fingerprint density at radius 3 is 2.67 bits per heavy atom. The number of hydrogen-bond donors (Lipinski definition) is 0. The van der Waals surface area contributed by atoms with Gasteiger partial charge >= 0.3 is 0 Å². The fourth-order valence-electron chi connectivity index (χ4n) is 4.33. The molecule has 6 heteroatoms. The highest BCUT2D eigenvalue weighted by atomic mass is 32.2. The lowest BCUT2D eigenvalue weighted by Gasteiger charge is -2.31. The molecule has 1 amide bonds. The second-order valence-electron chi connectivity index (χ2n) is 7.45. The molecule has 1 aromatic rings. The number of nitrogens with zero attached hydrogens (tertiary/aromatic N) is 2. The number of sulfonamides is 1. The van der Waals surface area contributed by atoms with Crippen molar-refractivity contribution in [2.45, 2.75) is 50.3 Å². The van der Waals surface area contributed by atoms with Gasteiger partial charge in [-0.15, -0.1) is 0 Å². The van der Waals surface area contributed by atoms with E-state index in [4.69, 9.17) is 0 Å². The molecule has 1 aromatic carbocycles. The molecule has 3 heterocycles. The van der Waals surface area contributed by atoms with Gasteiger partial charge < -0.3 is 4.90 Å². The lowest BCUT2D eigenvalue weighted by atomic mass is 9.97. The van der Waals surface area contributed by atoms with Crippen LogP contribution in [-0.2, 0) is 21.2 Å². The van der Waals surface area contributed by atoms with Crippen molar-refractivity contribution in [3.05, 3.63) is 23.3 Å². The third-order valence-electron chi connectivity index (χ3n) is 5.65. The summed E-state index contributed by atoms with van der Waals surface area (Å²) in [5.74, 6) is 0.261. The highest BCUT2D eigenvalue weighted by Crippen LogP contribution is 2.44. The van der Waals surface area contributed by atoms with E-state index in [1.807, 2.05) is 17.9 Å². The Balaban J connectivity index is 1.79. The first kappa shape index (κ1) is 16.1. The maximum Gasteiger partial charge on any atom is 0.243 e. The van der Waals surface area contributed by atoms with Crippen LogP contribution in [0.1, 0.15) is 50.2 Å². The van der Waals surface area contributed by atoms with Crippen LogP contribution in [0.3, 0.4) is 0 Å². The topological polar surface area (TPSA) is 57.7 Å². The quantitative estimate of drug-likeness (QED) is 0.825. The lowest BCUT2D eigenvalue weighted by Crippen LogP contribution is -2.39. The van der Waals surface area contributed by atoms with Crippen molar-refractivity contribution >= 4 is 21.6 Å². The van der Waals surface area contributed by atoms with Crippen LogP contribution in [0.15, 0.2) is 17.0 Å². The predicted octanol–water partition coefficient (Wildman–Crippen LogP) is 2.50.